The number of rotatable bonds is 2. The third kappa shape index (κ3) is 1.52. The minimum atomic E-state index is -0.176. The summed E-state index contributed by atoms with van der Waals surface area (Å²) in [6.07, 6.45) is 0. The molecule has 84 valence electrons. The lowest BCUT2D eigenvalue weighted by Gasteiger charge is -1.96. The molecule has 3 heteroatoms. The molecule has 0 unspecified atom stereocenters. The maximum Gasteiger partial charge on any atom is 0.211 e. The van der Waals surface area contributed by atoms with Crippen molar-refractivity contribution < 1.29 is 9.21 Å². The fraction of sp³-hybridized carbons (Fsp3) is 0.0714. The molecule has 3 rings (SSSR count). The second-order valence-corrected chi connectivity index (χ2v) is 3.94. The third-order valence-electron chi connectivity index (χ3n) is 2.89. The van der Waals surface area contributed by atoms with E-state index in [9.17, 15) is 4.79 Å². The van der Waals surface area contributed by atoms with Gasteiger partial charge < -0.3 is 10.2 Å². The fourth-order valence-electron chi connectivity index (χ4n) is 2.03. The van der Waals surface area contributed by atoms with Crippen molar-refractivity contribution in [1.82, 2.24) is 0 Å². The van der Waals surface area contributed by atoms with Gasteiger partial charge in [0.05, 0.1) is 6.54 Å². The van der Waals surface area contributed by atoms with Crippen molar-refractivity contribution in [3.05, 3.63) is 48.2 Å². The molecule has 0 fully saturated rings. The van der Waals surface area contributed by atoms with Crippen LogP contribution in [0.25, 0.3) is 21.7 Å². The second-order valence-electron chi connectivity index (χ2n) is 3.94. The molecule has 0 atom stereocenters. The number of carbonyl (C=O) groups is 1. The predicted octanol–water partition coefficient (Wildman–Crippen LogP) is 2.73. The van der Waals surface area contributed by atoms with E-state index in [2.05, 4.69) is 0 Å². The molecule has 3 aromatic rings. The van der Waals surface area contributed by atoms with Gasteiger partial charge in [0, 0.05) is 5.39 Å². The Bertz CT molecular complexity index is 712. The summed E-state index contributed by atoms with van der Waals surface area (Å²) in [6, 6.07) is 13.6. The van der Waals surface area contributed by atoms with Crippen molar-refractivity contribution in [1.29, 1.82) is 0 Å². The van der Waals surface area contributed by atoms with Gasteiger partial charge in [0.15, 0.2) is 5.76 Å². The summed E-state index contributed by atoms with van der Waals surface area (Å²) in [5.74, 6) is 0.157. The Morgan fingerprint density at radius 2 is 1.94 bits per heavy atom. The summed E-state index contributed by atoms with van der Waals surface area (Å²) in [5, 5.41) is 3.18. The Morgan fingerprint density at radius 3 is 2.76 bits per heavy atom. The molecule has 0 radical (unpaired) electrons. The van der Waals surface area contributed by atoms with Gasteiger partial charge in [-0.15, -0.1) is 0 Å². The summed E-state index contributed by atoms with van der Waals surface area (Å²) in [7, 11) is 0. The summed E-state index contributed by atoms with van der Waals surface area (Å²) >= 11 is 0. The van der Waals surface area contributed by atoms with Crippen molar-refractivity contribution in [3.8, 4) is 0 Å². The molecule has 0 aliphatic carbocycles. The summed E-state index contributed by atoms with van der Waals surface area (Å²) in [6.45, 7) is -0.0300. The number of hydrogen-bond acceptors (Lipinski definition) is 3. The molecule has 0 aliphatic rings. The summed E-state index contributed by atoms with van der Waals surface area (Å²) < 4.78 is 5.50. The van der Waals surface area contributed by atoms with Crippen LogP contribution in [-0.2, 0) is 0 Å². The zero-order valence-electron chi connectivity index (χ0n) is 9.14. The molecule has 0 saturated carbocycles. The van der Waals surface area contributed by atoms with Crippen LogP contribution in [-0.4, -0.2) is 12.3 Å². The van der Waals surface area contributed by atoms with Crippen molar-refractivity contribution >= 4 is 27.5 Å². The van der Waals surface area contributed by atoms with Gasteiger partial charge in [0.1, 0.15) is 5.58 Å². The van der Waals surface area contributed by atoms with Crippen LogP contribution in [0.15, 0.2) is 46.9 Å². The topological polar surface area (TPSA) is 56.2 Å². The van der Waals surface area contributed by atoms with Gasteiger partial charge in [0.25, 0.3) is 0 Å². The number of nitrogens with two attached hydrogens (primary N) is 1. The summed E-state index contributed by atoms with van der Waals surface area (Å²) in [4.78, 5) is 11.5. The van der Waals surface area contributed by atoms with Crippen molar-refractivity contribution in [2.45, 2.75) is 0 Å². The largest absolute Gasteiger partial charge is 0.453 e. The molecular formula is C14H11NO2. The van der Waals surface area contributed by atoms with Crippen molar-refractivity contribution in [3.63, 3.8) is 0 Å². The number of Topliss-reactive ketones (excluding diaryl/α,β-unsaturated/α-hetero) is 1. The van der Waals surface area contributed by atoms with Crippen LogP contribution in [0.2, 0.25) is 0 Å². The lowest BCUT2D eigenvalue weighted by atomic mass is 10.1. The number of carbonyl (C=O) groups excluding carboxylic acids is 1. The van der Waals surface area contributed by atoms with Crippen LogP contribution in [0, 0.1) is 0 Å². The molecule has 17 heavy (non-hydrogen) atoms. The van der Waals surface area contributed by atoms with E-state index in [1.165, 1.54) is 0 Å². The van der Waals surface area contributed by atoms with E-state index >= 15 is 0 Å². The Balaban J connectivity index is 2.35. The highest BCUT2D eigenvalue weighted by Gasteiger charge is 2.11. The highest BCUT2D eigenvalue weighted by Crippen LogP contribution is 2.28. The van der Waals surface area contributed by atoms with Gasteiger partial charge in [-0.2, -0.15) is 0 Å². The van der Waals surface area contributed by atoms with Gasteiger partial charge in [0.2, 0.25) is 5.78 Å². The van der Waals surface area contributed by atoms with E-state index in [1.54, 1.807) is 6.07 Å². The fourth-order valence-corrected chi connectivity index (χ4v) is 2.03. The zero-order valence-corrected chi connectivity index (χ0v) is 9.14. The molecule has 1 aromatic heterocycles. The lowest BCUT2D eigenvalue weighted by molar-refractivity contribution is 0.0977. The maximum absolute atomic E-state index is 11.5. The molecule has 0 amide bonds. The van der Waals surface area contributed by atoms with Crippen molar-refractivity contribution in [2.75, 3.05) is 6.54 Å². The smallest absolute Gasteiger partial charge is 0.211 e. The Labute approximate surface area is 97.8 Å². The van der Waals surface area contributed by atoms with Gasteiger partial charge in [-0.1, -0.05) is 30.3 Å². The Kier molecular flexibility index (Phi) is 2.20. The van der Waals surface area contributed by atoms with E-state index in [4.69, 9.17) is 10.2 Å². The van der Waals surface area contributed by atoms with Gasteiger partial charge in [-0.25, -0.2) is 0 Å². The molecule has 2 aromatic carbocycles. The number of fused-ring (bicyclic) bond motifs is 3. The molecule has 2 N–H and O–H groups in total. The minimum Gasteiger partial charge on any atom is -0.453 e. The molecule has 3 nitrogen and oxygen atoms in total. The van der Waals surface area contributed by atoms with E-state index in [0.29, 0.717) is 5.76 Å². The van der Waals surface area contributed by atoms with E-state index in [-0.39, 0.29) is 12.3 Å². The second kappa shape index (κ2) is 3.71. The predicted molar refractivity (Wildman–Crippen MR) is 67.1 cm³/mol. The third-order valence-corrected chi connectivity index (χ3v) is 2.89. The van der Waals surface area contributed by atoms with Crippen LogP contribution in [0.5, 0.6) is 0 Å². The highest BCUT2D eigenvalue weighted by molar-refractivity contribution is 6.09. The highest BCUT2D eigenvalue weighted by atomic mass is 16.3. The average Bonchev–Trinajstić information content (AvgIpc) is 2.82. The van der Waals surface area contributed by atoms with Crippen LogP contribution < -0.4 is 5.73 Å². The minimum absolute atomic E-state index is 0.0300. The van der Waals surface area contributed by atoms with Crippen LogP contribution >= 0.6 is 0 Å². The van der Waals surface area contributed by atoms with Crippen molar-refractivity contribution in [2.24, 2.45) is 5.73 Å². The van der Waals surface area contributed by atoms with Gasteiger partial charge in [-0.05, 0) is 22.9 Å². The van der Waals surface area contributed by atoms with Gasteiger partial charge >= 0.3 is 0 Å². The SMILES string of the molecule is NCC(=O)c1cc2c(ccc3ccccc32)o1. The molecule has 1 heterocycles. The molecule has 0 bridgehead atoms. The lowest BCUT2D eigenvalue weighted by Crippen LogP contribution is -2.12. The first kappa shape index (κ1) is 10.1. The first-order valence-electron chi connectivity index (χ1n) is 5.44. The first-order valence-corrected chi connectivity index (χ1v) is 5.44. The zero-order chi connectivity index (χ0) is 11.8. The van der Waals surface area contributed by atoms with Crippen LogP contribution in [0.1, 0.15) is 10.6 Å². The molecule has 0 aliphatic heterocycles. The number of hydrogen-bond donors (Lipinski definition) is 1. The maximum atomic E-state index is 11.5. The standard InChI is InChI=1S/C14H11NO2/c15-8-12(16)14-7-11-10-4-2-1-3-9(10)5-6-13(11)17-14/h1-7H,8,15H2. The van der Waals surface area contributed by atoms with Crippen LogP contribution in [0.4, 0.5) is 0 Å². The number of benzene rings is 2. The van der Waals surface area contributed by atoms with Gasteiger partial charge in [-0.3, -0.25) is 4.79 Å². The van der Waals surface area contributed by atoms with E-state index in [0.717, 1.165) is 21.7 Å². The quantitative estimate of drug-likeness (QED) is 0.682. The molecular weight excluding hydrogens is 214 g/mol. The molecule has 0 spiro atoms. The van der Waals surface area contributed by atoms with E-state index in [1.807, 2.05) is 36.4 Å². The number of furan rings is 1. The van der Waals surface area contributed by atoms with Crippen LogP contribution in [0.3, 0.4) is 0 Å². The monoisotopic (exact) mass is 225 g/mol. The normalized spacial score (nSPS) is 11.1. The Hall–Kier alpha value is -2.13. The average molecular weight is 225 g/mol. The van der Waals surface area contributed by atoms with E-state index < -0.39 is 0 Å². The first-order chi connectivity index (χ1) is 8.29. The summed E-state index contributed by atoms with van der Waals surface area (Å²) in [5.41, 5.74) is 6.05. The molecule has 0 saturated heterocycles. The Morgan fingerprint density at radius 1 is 1.12 bits per heavy atom. The number of ketones is 1.